The van der Waals surface area contributed by atoms with E-state index in [-0.39, 0.29) is 17.9 Å². The molecule has 0 aliphatic carbocycles. The molecule has 2 aromatic heterocycles. The minimum Gasteiger partial charge on any atom is -0.488 e. The van der Waals surface area contributed by atoms with Crippen molar-refractivity contribution in [1.82, 2.24) is 19.7 Å². The van der Waals surface area contributed by atoms with Gasteiger partial charge in [0.1, 0.15) is 29.0 Å². The predicted molar refractivity (Wildman–Crippen MR) is 122 cm³/mol. The molecular weight excluding hydrogens is 438 g/mol. The molecule has 0 radical (unpaired) electrons. The summed E-state index contributed by atoms with van der Waals surface area (Å²) in [5.41, 5.74) is 0.732. The predicted octanol–water partition coefficient (Wildman–Crippen LogP) is 2.87. The molecular formula is C24H25N5O5. The number of carbonyl (C=O) groups excluding carboxylic acids is 2. The number of benzene rings is 1. The van der Waals surface area contributed by atoms with E-state index in [1.165, 1.54) is 6.20 Å². The number of aryl methyl sites for hydroxylation is 1. The molecule has 1 N–H and O–H groups in total. The molecule has 0 spiro atoms. The fourth-order valence-corrected chi connectivity index (χ4v) is 3.68. The average Bonchev–Trinajstić information content (AvgIpc) is 3.44. The van der Waals surface area contributed by atoms with Gasteiger partial charge in [0.25, 0.3) is 11.8 Å². The monoisotopic (exact) mass is 463 g/mol. The maximum Gasteiger partial charge on any atom is 0.272 e. The molecule has 34 heavy (non-hydrogen) atoms. The Hall–Kier alpha value is -3.92. The van der Waals surface area contributed by atoms with Crippen molar-refractivity contribution in [2.45, 2.75) is 18.9 Å². The summed E-state index contributed by atoms with van der Waals surface area (Å²) in [6.07, 6.45) is 4.95. The van der Waals surface area contributed by atoms with Gasteiger partial charge in [0.05, 0.1) is 19.4 Å². The molecule has 2 aliphatic rings. The fourth-order valence-electron chi connectivity index (χ4n) is 3.68. The molecule has 2 aliphatic heterocycles. The van der Waals surface area contributed by atoms with Crippen LogP contribution < -0.4 is 14.8 Å². The lowest BCUT2D eigenvalue weighted by Crippen LogP contribution is -2.42. The molecule has 10 heteroatoms. The van der Waals surface area contributed by atoms with Crippen molar-refractivity contribution in [2.75, 3.05) is 31.6 Å². The second-order valence-corrected chi connectivity index (χ2v) is 8.25. The Bertz CT molecular complexity index is 1180. The molecule has 0 saturated carbocycles. The number of aromatic nitrogens is 3. The Morgan fingerprint density at radius 1 is 1.12 bits per heavy atom. The lowest BCUT2D eigenvalue weighted by atomic mass is 10.1. The van der Waals surface area contributed by atoms with Gasteiger partial charge in [-0.3, -0.25) is 14.3 Å². The van der Waals surface area contributed by atoms with Gasteiger partial charge in [-0.05, 0) is 30.7 Å². The first kappa shape index (κ1) is 21.9. The third-order valence-electron chi connectivity index (χ3n) is 5.62. The van der Waals surface area contributed by atoms with Crippen LogP contribution in [-0.2, 0) is 11.8 Å². The summed E-state index contributed by atoms with van der Waals surface area (Å²) in [6.45, 7) is 2.67. The highest BCUT2D eigenvalue weighted by atomic mass is 16.5. The zero-order chi connectivity index (χ0) is 23.5. The lowest BCUT2D eigenvalue weighted by molar-refractivity contribution is 0.0645. The summed E-state index contributed by atoms with van der Waals surface area (Å²) in [4.78, 5) is 31.2. The van der Waals surface area contributed by atoms with Gasteiger partial charge in [-0.1, -0.05) is 0 Å². The number of likely N-dealkylation sites (tertiary alicyclic amines) is 1. The minimum atomic E-state index is -0.342. The van der Waals surface area contributed by atoms with Crippen molar-refractivity contribution in [3.8, 4) is 17.2 Å². The van der Waals surface area contributed by atoms with Crippen molar-refractivity contribution >= 4 is 17.6 Å². The molecule has 0 bridgehead atoms. The first-order valence-electron chi connectivity index (χ1n) is 11.2. The standard InChI is InChI=1S/C24H25N5O5/c1-28-9-5-22(27-28)26-23(30)16-11-19(13-20(12-16)34-18-6-10-32-15-18)33-17-3-4-21(25-14-17)24(31)29-7-2-8-29/h3-5,9,11-14,18H,2,6-8,10,15H2,1H3,(H,26,27,30). The van der Waals surface area contributed by atoms with E-state index in [0.29, 0.717) is 47.5 Å². The Morgan fingerprint density at radius 2 is 1.97 bits per heavy atom. The molecule has 2 fully saturated rings. The zero-order valence-electron chi connectivity index (χ0n) is 18.8. The number of hydrogen-bond acceptors (Lipinski definition) is 7. The number of anilines is 1. The SMILES string of the molecule is Cn1ccc(NC(=O)c2cc(Oc3ccc(C(=O)N4CCC4)nc3)cc(OC3CCOC3)c2)n1. The van der Waals surface area contributed by atoms with Crippen molar-refractivity contribution in [1.29, 1.82) is 0 Å². The topological polar surface area (TPSA) is 108 Å². The molecule has 1 atom stereocenters. The van der Waals surface area contributed by atoms with Crippen LogP contribution in [0.5, 0.6) is 17.2 Å². The molecule has 1 aromatic carbocycles. The van der Waals surface area contributed by atoms with Gasteiger partial charge >= 0.3 is 0 Å². The molecule has 10 nitrogen and oxygen atoms in total. The largest absolute Gasteiger partial charge is 0.488 e. The summed E-state index contributed by atoms with van der Waals surface area (Å²) >= 11 is 0. The van der Waals surface area contributed by atoms with Crippen molar-refractivity contribution < 1.29 is 23.8 Å². The molecule has 3 aromatic rings. The van der Waals surface area contributed by atoms with Crippen LogP contribution in [0.4, 0.5) is 5.82 Å². The second kappa shape index (κ2) is 9.52. The second-order valence-electron chi connectivity index (χ2n) is 8.25. The highest BCUT2D eigenvalue weighted by Crippen LogP contribution is 2.29. The molecule has 1 unspecified atom stereocenters. The van der Waals surface area contributed by atoms with E-state index < -0.39 is 0 Å². The van der Waals surface area contributed by atoms with Gasteiger partial charge in [0.15, 0.2) is 5.82 Å². The molecule has 176 valence electrons. The summed E-state index contributed by atoms with van der Waals surface area (Å²) in [6, 6.07) is 10.0. The van der Waals surface area contributed by atoms with E-state index in [0.717, 1.165) is 25.9 Å². The van der Waals surface area contributed by atoms with Crippen molar-refractivity contribution in [3.05, 3.63) is 60.0 Å². The smallest absolute Gasteiger partial charge is 0.272 e. The molecule has 2 amide bonds. The first-order chi connectivity index (χ1) is 16.5. The van der Waals surface area contributed by atoms with E-state index in [1.807, 2.05) is 0 Å². The summed E-state index contributed by atoms with van der Waals surface area (Å²) in [7, 11) is 1.77. The third-order valence-corrected chi connectivity index (χ3v) is 5.62. The molecule has 4 heterocycles. The number of pyridine rings is 1. The van der Waals surface area contributed by atoms with Crippen LogP contribution in [-0.4, -0.2) is 63.9 Å². The Kier molecular flexibility index (Phi) is 6.13. The fraction of sp³-hybridized carbons (Fsp3) is 0.333. The highest BCUT2D eigenvalue weighted by molar-refractivity contribution is 6.04. The van der Waals surface area contributed by atoms with Gasteiger partial charge < -0.3 is 24.4 Å². The van der Waals surface area contributed by atoms with E-state index in [1.54, 1.807) is 59.2 Å². The van der Waals surface area contributed by atoms with Crippen LogP contribution in [0, 0.1) is 0 Å². The van der Waals surface area contributed by atoms with Crippen LogP contribution in [0.15, 0.2) is 48.8 Å². The van der Waals surface area contributed by atoms with Crippen LogP contribution in [0.1, 0.15) is 33.7 Å². The van der Waals surface area contributed by atoms with Gasteiger partial charge in [0.2, 0.25) is 0 Å². The average molecular weight is 463 g/mol. The molecule has 2 saturated heterocycles. The van der Waals surface area contributed by atoms with Crippen molar-refractivity contribution in [2.24, 2.45) is 7.05 Å². The zero-order valence-corrected chi connectivity index (χ0v) is 18.8. The van der Waals surface area contributed by atoms with Gasteiger partial charge in [-0.15, -0.1) is 0 Å². The number of amides is 2. The van der Waals surface area contributed by atoms with Crippen LogP contribution in [0.25, 0.3) is 0 Å². The van der Waals surface area contributed by atoms with E-state index >= 15 is 0 Å². The number of nitrogens with zero attached hydrogens (tertiary/aromatic N) is 4. The molecule has 5 rings (SSSR count). The lowest BCUT2D eigenvalue weighted by Gasteiger charge is -2.30. The quantitative estimate of drug-likeness (QED) is 0.574. The third kappa shape index (κ3) is 5.01. The summed E-state index contributed by atoms with van der Waals surface area (Å²) in [5, 5.41) is 6.95. The van der Waals surface area contributed by atoms with E-state index in [4.69, 9.17) is 14.2 Å². The Labute approximate surface area is 196 Å². The van der Waals surface area contributed by atoms with Crippen LogP contribution >= 0.6 is 0 Å². The normalized spacial score (nSPS) is 17.2. The van der Waals surface area contributed by atoms with Gasteiger partial charge in [0, 0.05) is 50.5 Å². The van der Waals surface area contributed by atoms with E-state index in [2.05, 4.69) is 15.4 Å². The Morgan fingerprint density at radius 3 is 2.62 bits per heavy atom. The van der Waals surface area contributed by atoms with Gasteiger partial charge in [-0.25, -0.2) is 4.98 Å². The first-order valence-corrected chi connectivity index (χ1v) is 11.2. The van der Waals surface area contributed by atoms with Gasteiger partial charge in [-0.2, -0.15) is 5.10 Å². The maximum absolute atomic E-state index is 12.9. The number of rotatable bonds is 7. The number of hydrogen-bond donors (Lipinski definition) is 1. The number of carbonyl (C=O) groups is 2. The maximum atomic E-state index is 12.9. The minimum absolute atomic E-state index is 0.0829. The number of nitrogens with one attached hydrogen (secondary N) is 1. The number of ether oxygens (including phenoxy) is 3. The van der Waals surface area contributed by atoms with E-state index in [9.17, 15) is 9.59 Å². The summed E-state index contributed by atoms with van der Waals surface area (Å²) in [5.74, 6) is 1.36. The highest BCUT2D eigenvalue weighted by Gasteiger charge is 2.23. The van der Waals surface area contributed by atoms with Crippen LogP contribution in [0.3, 0.4) is 0 Å². The Balaban J connectivity index is 1.35. The van der Waals surface area contributed by atoms with Crippen molar-refractivity contribution in [3.63, 3.8) is 0 Å². The summed E-state index contributed by atoms with van der Waals surface area (Å²) < 4.78 is 19.0. The van der Waals surface area contributed by atoms with Crippen LogP contribution in [0.2, 0.25) is 0 Å².